The molecule has 152 valence electrons. The summed E-state index contributed by atoms with van der Waals surface area (Å²) in [5.74, 6) is -0.578. The minimum absolute atomic E-state index is 0.0919. The first kappa shape index (κ1) is 21.1. The molecule has 0 aliphatic rings. The number of hydrogen-bond donors (Lipinski definition) is 1. The van der Waals surface area contributed by atoms with E-state index in [9.17, 15) is 9.59 Å². The predicted molar refractivity (Wildman–Crippen MR) is 114 cm³/mol. The van der Waals surface area contributed by atoms with Gasteiger partial charge in [-0.05, 0) is 49.7 Å². The summed E-state index contributed by atoms with van der Waals surface area (Å²) in [7, 11) is 0. The van der Waals surface area contributed by atoms with E-state index in [1.54, 1.807) is 35.0 Å². The van der Waals surface area contributed by atoms with Gasteiger partial charge in [0, 0.05) is 23.7 Å². The molecule has 7 nitrogen and oxygen atoms in total. The number of halogens is 2. The molecule has 29 heavy (non-hydrogen) atoms. The summed E-state index contributed by atoms with van der Waals surface area (Å²) >= 11 is 12.0. The number of anilines is 1. The van der Waals surface area contributed by atoms with Gasteiger partial charge >= 0.3 is 0 Å². The highest BCUT2D eigenvalue weighted by atomic mass is 35.5. The van der Waals surface area contributed by atoms with Crippen LogP contribution in [0.5, 0.6) is 0 Å². The van der Waals surface area contributed by atoms with Crippen LogP contribution >= 0.6 is 23.2 Å². The molecule has 1 heterocycles. The maximum absolute atomic E-state index is 13.0. The summed E-state index contributed by atoms with van der Waals surface area (Å²) < 4.78 is 1.76. The fourth-order valence-electron chi connectivity index (χ4n) is 3.00. The second-order valence-corrected chi connectivity index (χ2v) is 7.35. The van der Waals surface area contributed by atoms with Gasteiger partial charge in [-0.15, -0.1) is 5.10 Å². The van der Waals surface area contributed by atoms with E-state index in [1.807, 2.05) is 19.9 Å². The summed E-state index contributed by atoms with van der Waals surface area (Å²) in [6, 6.07) is 10.1. The van der Waals surface area contributed by atoms with Gasteiger partial charge in [0.15, 0.2) is 0 Å². The lowest BCUT2D eigenvalue weighted by Crippen LogP contribution is -2.38. The average molecular weight is 434 g/mol. The minimum atomic E-state index is -0.339. The maximum atomic E-state index is 13.0. The molecule has 0 fully saturated rings. The van der Waals surface area contributed by atoms with E-state index in [4.69, 9.17) is 23.2 Å². The van der Waals surface area contributed by atoms with Crippen LogP contribution in [0, 0.1) is 0 Å². The fraction of sp³-hybridized carbons (Fsp3) is 0.300. The van der Waals surface area contributed by atoms with Gasteiger partial charge in [-0.3, -0.25) is 9.59 Å². The van der Waals surface area contributed by atoms with E-state index in [0.717, 1.165) is 11.9 Å². The minimum Gasteiger partial charge on any atom is -0.329 e. The molecule has 2 aromatic carbocycles. The summed E-state index contributed by atoms with van der Waals surface area (Å²) in [6.45, 7) is 4.97. The predicted octanol–water partition coefficient (Wildman–Crippen LogP) is 4.25. The van der Waals surface area contributed by atoms with Crippen molar-refractivity contribution in [3.63, 3.8) is 0 Å². The highest BCUT2D eigenvalue weighted by molar-refractivity contribution is 6.36. The third-order valence-corrected chi connectivity index (χ3v) is 4.93. The molecule has 2 amide bonds. The number of hydrogen-bond acceptors (Lipinski definition) is 4. The van der Waals surface area contributed by atoms with Crippen molar-refractivity contribution >= 4 is 51.7 Å². The van der Waals surface area contributed by atoms with Crippen molar-refractivity contribution in [2.75, 3.05) is 18.4 Å². The number of nitrogens with one attached hydrogen (secondary N) is 1. The van der Waals surface area contributed by atoms with Gasteiger partial charge in [0.1, 0.15) is 12.1 Å². The molecule has 0 radical (unpaired) electrons. The lowest BCUT2D eigenvalue weighted by molar-refractivity contribution is -0.116. The third-order valence-electron chi connectivity index (χ3n) is 4.38. The van der Waals surface area contributed by atoms with E-state index in [1.165, 1.54) is 4.90 Å². The zero-order chi connectivity index (χ0) is 21.0. The lowest BCUT2D eigenvalue weighted by Gasteiger charge is -2.22. The number of fused-ring (bicyclic) bond motifs is 1. The van der Waals surface area contributed by atoms with Gasteiger partial charge in [-0.2, -0.15) is 0 Å². The van der Waals surface area contributed by atoms with Crippen LogP contribution in [0.25, 0.3) is 11.0 Å². The molecule has 1 aromatic heterocycles. The second kappa shape index (κ2) is 9.24. The van der Waals surface area contributed by atoms with Crippen LogP contribution < -0.4 is 5.32 Å². The van der Waals surface area contributed by atoms with Gasteiger partial charge in [-0.25, -0.2) is 4.68 Å². The van der Waals surface area contributed by atoms with Crippen molar-refractivity contribution in [1.29, 1.82) is 0 Å². The van der Waals surface area contributed by atoms with Crippen LogP contribution in [0.1, 0.15) is 30.6 Å². The molecule has 3 rings (SSSR count). The zero-order valence-electron chi connectivity index (χ0n) is 16.2. The molecule has 0 unspecified atom stereocenters. The van der Waals surface area contributed by atoms with Crippen molar-refractivity contribution in [1.82, 2.24) is 19.9 Å². The largest absolute Gasteiger partial charge is 0.329 e. The van der Waals surface area contributed by atoms with Crippen LogP contribution in [0.15, 0.2) is 36.4 Å². The Hall–Kier alpha value is -2.64. The summed E-state index contributed by atoms with van der Waals surface area (Å²) in [6.07, 6.45) is 0.717. The molecule has 1 N–H and O–H groups in total. The number of aryl methyl sites for hydroxylation is 1. The first-order chi connectivity index (χ1) is 13.9. The zero-order valence-corrected chi connectivity index (χ0v) is 17.7. The van der Waals surface area contributed by atoms with E-state index < -0.39 is 0 Å². The Morgan fingerprint density at radius 3 is 2.62 bits per heavy atom. The molecular weight excluding hydrogens is 413 g/mol. The van der Waals surface area contributed by atoms with Gasteiger partial charge in [-0.1, -0.05) is 35.3 Å². The first-order valence-electron chi connectivity index (χ1n) is 9.30. The van der Waals surface area contributed by atoms with Crippen molar-refractivity contribution in [3.05, 3.63) is 52.0 Å². The SMILES string of the molecule is CCCN(CC(=O)Nc1ccc(Cl)cc1Cl)C(=O)c1ccc2c(c1)nnn2CC. The third kappa shape index (κ3) is 4.86. The van der Waals surface area contributed by atoms with Crippen LogP contribution in [-0.4, -0.2) is 44.8 Å². The summed E-state index contributed by atoms with van der Waals surface area (Å²) in [4.78, 5) is 27.0. The Morgan fingerprint density at radius 1 is 1.14 bits per heavy atom. The van der Waals surface area contributed by atoms with Crippen LogP contribution in [0.2, 0.25) is 10.0 Å². The number of carbonyl (C=O) groups excluding carboxylic acids is 2. The van der Waals surface area contributed by atoms with Crippen molar-refractivity contribution in [3.8, 4) is 0 Å². The van der Waals surface area contributed by atoms with Crippen molar-refractivity contribution in [2.24, 2.45) is 0 Å². The molecule has 9 heteroatoms. The first-order valence-corrected chi connectivity index (χ1v) is 10.1. The molecule has 0 saturated heterocycles. The normalized spacial score (nSPS) is 10.9. The highest BCUT2D eigenvalue weighted by Gasteiger charge is 2.20. The Bertz CT molecular complexity index is 1050. The monoisotopic (exact) mass is 433 g/mol. The quantitative estimate of drug-likeness (QED) is 0.603. The highest BCUT2D eigenvalue weighted by Crippen LogP contribution is 2.25. The molecule has 3 aromatic rings. The van der Waals surface area contributed by atoms with Crippen molar-refractivity contribution < 1.29 is 9.59 Å². The molecule has 0 bridgehead atoms. The summed E-state index contributed by atoms with van der Waals surface area (Å²) in [5, 5.41) is 11.7. The van der Waals surface area contributed by atoms with E-state index in [0.29, 0.717) is 39.9 Å². The fourth-order valence-corrected chi connectivity index (χ4v) is 3.45. The number of benzene rings is 2. The summed E-state index contributed by atoms with van der Waals surface area (Å²) in [5.41, 5.74) is 2.42. The maximum Gasteiger partial charge on any atom is 0.254 e. The van der Waals surface area contributed by atoms with Gasteiger partial charge in [0.2, 0.25) is 5.91 Å². The van der Waals surface area contributed by atoms with Crippen LogP contribution in [0.3, 0.4) is 0 Å². The molecular formula is C20H21Cl2N5O2. The molecule has 0 aliphatic carbocycles. The van der Waals surface area contributed by atoms with Gasteiger partial charge < -0.3 is 10.2 Å². The lowest BCUT2D eigenvalue weighted by atomic mass is 10.1. The number of nitrogens with zero attached hydrogens (tertiary/aromatic N) is 4. The number of amides is 2. The number of carbonyl (C=O) groups is 2. The number of rotatable bonds is 7. The Morgan fingerprint density at radius 2 is 1.93 bits per heavy atom. The molecule has 0 aliphatic heterocycles. The second-order valence-electron chi connectivity index (χ2n) is 6.51. The topological polar surface area (TPSA) is 80.1 Å². The Kier molecular flexibility index (Phi) is 6.71. The van der Waals surface area contributed by atoms with Crippen LogP contribution in [-0.2, 0) is 11.3 Å². The Labute approximate surface area is 178 Å². The van der Waals surface area contributed by atoms with E-state index >= 15 is 0 Å². The van der Waals surface area contributed by atoms with Gasteiger partial charge in [0.05, 0.1) is 16.2 Å². The standard InChI is InChI=1S/C20H21Cl2N5O2/c1-3-9-26(12-19(28)23-16-7-6-14(21)11-15(16)22)20(29)13-5-8-18-17(10-13)24-25-27(18)4-2/h5-8,10-11H,3-4,9,12H2,1-2H3,(H,23,28). The average Bonchev–Trinajstić information content (AvgIpc) is 3.11. The van der Waals surface area contributed by atoms with Crippen LogP contribution in [0.4, 0.5) is 5.69 Å². The van der Waals surface area contributed by atoms with Crippen molar-refractivity contribution in [2.45, 2.75) is 26.8 Å². The van der Waals surface area contributed by atoms with Gasteiger partial charge in [0.25, 0.3) is 5.91 Å². The van der Waals surface area contributed by atoms with E-state index in [2.05, 4.69) is 15.6 Å². The molecule has 0 atom stereocenters. The van der Waals surface area contributed by atoms with E-state index in [-0.39, 0.29) is 18.4 Å². The molecule has 0 saturated carbocycles. The number of aromatic nitrogens is 3. The molecule has 0 spiro atoms. The Balaban J connectivity index is 1.76. The smallest absolute Gasteiger partial charge is 0.254 e.